The summed E-state index contributed by atoms with van der Waals surface area (Å²) in [6.07, 6.45) is 1.34. The Kier molecular flexibility index (Phi) is 7.09. The number of rotatable bonds is 8. The van der Waals surface area contributed by atoms with Gasteiger partial charge in [-0.25, -0.2) is 0 Å². The maximum absolute atomic E-state index is 9.35. The van der Waals surface area contributed by atoms with Gasteiger partial charge in [0.15, 0.2) is 0 Å². The van der Waals surface area contributed by atoms with Gasteiger partial charge in [0.1, 0.15) is 0 Å². The van der Waals surface area contributed by atoms with Crippen molar-refractivity contribution in [3.8, 4) is 0 Å². The van der Waals surface area contributed by atoms with Gasteiger partial charge in [-0.3, -0.25) is 0 Å². The molecule has 3 nitrogen and oxygen atoms in total. The summed E-state index contributed by atoms with van der Waals surface area (Å²) in [6, 6.07) is 0. The Balaban J connectivity index is 3.81. The van der Waals surface area contributed by atoms with Crippen molar-refractivity contribution in [2.24, 2.45) is 0 Å². The van der Waals surface area contributed by atoms with E-state index in [0.717, 1.165) is 0 Å². The number of aliphatic hydroxyl groups excluding tert-OH is 2. The standard InChI is InChI=1S/C12H22O3/c1-5-11(13)7-9(3)15-10(4)8-12(14)6-2/h11-14H,3-8H2,1-2H3. The lowest BCUT2D eigenvalue weighted by Crippen LogP contribution is -2.09. The molecule has 0 heterocycles. The molecular formula is C12H22O3. The average Bonchev–Trinajstić information content (AvgIpc) is 2.16. The maximum atomic E-state index is 9.35. The van der Waals surface area contributed by atoms with Gasteiger partial charge >= 0.3 is 0 Å². The van der Waals surface area contributed by atoms with Gasteiger partial charge in [-0.1, -0.05) is 27.0 Å². The number of hydrogen-bond donors (Lipinski definition) is 2. The Bertz CT molecular complexity index is 189. The fourth-order valence-corrected chi connectivity index (χ4v) is 1.10. The third-order valence-electron chi connectivity index (χ3n) is 2.16. The zero-order chi connectivity index (χ0) is 11.8. The second kappa shape index (κ2) is 7.49. The van der Waals surface area contributed by atoms with Crippen molar-refractivity contribution < 1.29 is 14.9 Å². The van der Waals surface area contributed by atoms with Gasteiger partial charge in [0, 0.05) is 12.8 Å². The van der Waals surface area contributed by atoms with Crippen LogP contribution >= 0.6 is 0 Å². The van der Waals surface area contributed by atoms with Gasteiger partial charge in [-0.05, 0) is 12.8 Å². The van der Waals surface area contributed by atoms with E-state index in [9.17, 15) is 10.2 Å². The Morgan fingerprint density at radius 3 is 1.60 bits per heavy atom. The summed E-state index contributed by atoms with van der Waals surface area (Å²) in [5.74, 6) is 0.996. The molecule has 0 rings (SSSR count). The van der Waals surface area contributed by atoms with E-state index in [0.29, 0.717) is 37.2 Å². The van der Waals surface area contributed by atoms with Crippen LogP contribution < -0.4 is 0 Å². The first kappa shape index (κ1) is 14.2. The molecule has 0 aromatic heterocycles. The summed E-state index contributed by atoms with van der Waals surface area (Å²) in [4.78, 5) is 0. The van der Waals surface area contributed by atoms with Crippen molar-refractivity contribution in [1.82, 2.24) is 0 Å². The fraction of sp³-hybridized carbons (Fsp3) is 0.667. The van der Waals surface area contributed by atoms with Gasteiger partial charge in [0.2, 0.25) is 0 Å². The van der Waals surface area contributed by atoms with E-state index in [1.54, 1.807) is 0 Å². The largest absolute Gasteiger partial charge is 0.467 e. The van der Waals surface area contributed by atoms with E-state index in [1.165, 1.54) is 0 Å². The quantitative estimate of drug-likeness (QED) is 0.610. The van der Waals surface area contributed by atoms with E-state index in [2.05, 4.69) is 13.2 Å². The van der Waals surface area contributed by atoms with E-state index in [-0.39, 0.29) is 0 Å². The minimum atomic E-state index is -0.415. The van der Waals surface area contributed by atoms with Crippen molar-refractivity contribution in [3.05, 3.63) is 24.7 Å². The van der Waals surface area contributed by atoms with Gasteiger partial charge in [0.05, 0.1) is 23.7 Å². The predicted octanol–water partition coefficient (Wildman–Crippen LogP) is 2.35. The van der Waals surface area contributed by atoms with Crippen molar-refractivity contribution in [1.29, 1.82) is 0 Å². The molecule has 88 valence electrons. The van der Waals surface area contributed by atoms with Crippen LogP contribution in [0.5, 0.6) is 0 Å². The number of hydrogen-bond acceptors (Lipinski definition) is 3. The van der Waals surface area contributed by atoms with Crippen molar-refractivity contribution in [3.63, 3.8) is 0 Å². The van der Waals surface area contributed by atoms with Crippen LogP contribution in [0.3, 0.4) is 0 Å². The minimum absolute atomic E-state index is 0.414. The molecule has 2 N–H and O–H groups in total. The monoisotopic (exact) mass is 214 g/mol. The zero-order valence-corrected chi connectivity index (χ0v) is 9.70. The van der Waals surface area contributed by atoms with Gasteiger partial charge in [0.25, 0.3) is 0 Å². The zero-order valence-electron chi connectivity index (χ0n) is 9.70. The molecule has 0 aliphatic carbocycles. The van der Waals surface area contributed by atoms with Crippen LogP contribution in [-0.4, -0.2) is 22.4 Å². The lowest BCUT2D eigenvalue weighted by atomic mass is 10.1. The summed E-state index contributed by atoms with van der Waals surface area (Å²) in [6.45, 7) is 11.2. The van der Waals surface area contributed by atoms with Crippen LogP contribution in [0.25, 0.3) is 0 Å². The summed E-state index contributed by atoms with van der Waals surface area (Å²) in [5, 5.41) is 18.7. The molecule has 0 aromatic rings. The summed E-state index contributed by atoms with van der Waals surface area (Å²) in [5.41, 5.74) is 0. The van der Waals surface area contributed by atoms with Crippen molar-refractivity contribution in [2.45, 2.75) is 51.7 Å². The van der Waals surface area contributed by atoms with Crippen molar-refractivity contribution in [2.75, 3.05) is 0 Å². The Morgan fingerprint density at radius 2 is 1.33 bits per heavy atom. The first-order valence-corrected chi connectivity index (χ1v) is 5.39. The molecule has 0 aliphatic heterocycles. The molecule has 0 saturated heterocycles. The molecule has 0 spiro atoms. The molecule has 0 aliphatic rings. The molecule has 0 radical (unpaired) electrons. The summed E-state index contributed by atoms with van der Waals surface area (Å²) < 4.78 is 5.29. The van der Waals surface area contributed by atoms with Crippen LogP contribution in [-0.2, 0) is 4.74 Å². The highest BCUT2D eigenvalue weighted by Gasteiger charge is 2.09. The first-order chi connectivity index (χ1) is 6.99. The third-order valence-corrected chi connectivity index (χ3v) is 2.16. The highest BCUT2D eigenvalue weighted by molar-refractivity contribution is 4.95. The van der Waals surface area contributed by atoms with E-state index in [1.807, 2.05) is 13.8 Å². The molecule has 0 bridgehead atoms. The second-order valence-corrected chi connectivity index (χ2v) is 3.71. The SMILES string of the molecule is C=C(CC(O)CC)OC(=C)CC(O)CC. The lowest BCUT2D eigenvalue weighted by Gasteiger charge is -2.15. The second-order valence-electron chi connectivity index (χ2n) is 3.71. The van der Waals surface area contributed by atoms with Gasteiger partial charge < -0.3 is 14.9 Å². The third kappa shape index (κ3) is 7.17. The molecule has 0 saturated carbocycles. The molecule has 0 amide bonds. The van der Waals surface area contributed by atoms with Crippen LogP contribution in [0.2, 0.25) is 0 Å². The van der Waals surface area contributed by atoms with Crippen LogP contribution in [0, 0.1) is 0 Å². The number of aliphatic hydroxyl groups is 2. The lowest BCUT2D eigenvalue weighted by molar-refractivity contribution is 0.127. The van der Waals surface area contributed by atoms with E-state index >= 15 is 0 Å². The van der Waals surface area contributed by atoms with Crippen molar-refractivity contribution >= 4 is 0 Å². The van der Waals surface area contributed by atoms with Crippen LogP contribution in [0.15, 0.2) is 24.7 Å². The maximum Gasteiger partial charge on any atom is 0.0990 e. The van der Waals surface area contributed by atoms with Gasteiger partial charge in [-0.15, -0.1) is 0 Å². The Hall–Kier alpha value is -0.800. The van der Waals surface area contributed by atoms with Crippen LogP contribution in [0.4, 0.5) is 0 Å². The average molecular weight is 214 g/mol. The first-order valence-electron chi connectivity index (χ1n) is 5.39. The molecule has 3 heteroatoms. The van der Waals surface area contributed by atoms with Crippen LogP contribution in [0.1, 0.15) is 39.5 Å². The smallest absolute Gasteiger partial charge is 0.0990 e. The van der Waals surface area contributed by atoms with Gasteiger partial charge in [-0.2, -0.15) is 0 Å². The van der Waals surface area contributed by atoms with E-state index < -0.39 is 12.2 Å². The minimum Gasteiger partial charge on any atom is -0.467 e. The van der Waals surface area contributed by atoms with E-state index in [4.69, 9.17) is 4.74 Å². The molecule has 15 heavy (non-hydrogen) atoms. The highest BCUT2D eigenvalue weighted by Crippen LogP contribution is 2.15. The number of ether oxygens (including phenoxy) is 1. The highest BCUT2D eigenvalue weighted by atomic mass is 16.5. The molecule has 2 atom stereocenters. The predicted molar refractivity (Wildman–Crippen MR) is 61.2 cm³/mol. The molecule has 0 fully saturated rings. The fourth-order valence-electron chi connectivity index (χ4n) is 1.10. The molecular weight excluding hydrogens is 192 g/mol. The Labute approximate surface area is 92.1 Å². The topological polar surface area (TPSA) is 49.7 Å². The molecule has 2 unspecified atom stereocenters. The summed E-state index contributed by atoms with van der Waals surface area (Å²) in [7, 11) is 0. The Morgan fingerprint density at radius 1 is 1.00 bits per heavy atom. The molecule has 0 aromatic carbocycles. The normalized spacial score (nSPS) is 14.4. The summed E-state index contributed by atoms with van der Waals surface area (Å²) >= 11 is 0.